The lowest BCUT2D eigenvalue weighted by Gasteiger charge is -2.36. The summed E-state index contributed by atoms with van der Waals surface area (Å²) >= 11 is 0. The number of nitrogen functional groups attached to an aromatic ring is 1. The molecule has 0 radical (unpaired) electrons. The van der Waals surface area contributed by atoms with Crippen molar-refractivity contribution in [1.82, 2.24) is 4.90 Å². The van der Waals surface area contributed by atoms with Crippen LogP contribution in [0.3, 0.4) is 0 Å². The summed E-state index contributed by atoms with van der Waals surface area (Å²) in [6.45, 7) is 4.44. The SMILES string of the molecule is COCCOC(=O)c1ccc(Nc2cccc(N3CCN(CC4OC=NC4=O)CC3)c2)c(N)c1. The van der Waals surface area contributed by atoms with E-state index in [1.807, 2.05) is 12.1 Å². The standard InChI is InChI=1S/C24H29N5O5/c1-32-11-12-33-24(31)17-5-6-21(20(25)13-17)27-18-3-2-4-19(14-18)29-9-7-28(8-10-29)15-22-23(30)26-16-34-22/h2-6,13-14,16,22,27H,7-12,15,25H2,1H3. The van der Waals surface area contributed by atoms with Gasteiger partial charge >= 0.3 is 5.97 Å². The Hall–Kier alpha value is -3.63. The average molecular weight is 468 g/mol. The number of hydrogen-bond donors (Lipinski definition) is 2. The molecule has 1 fully saturated rings. The van der Waals surface area contributed by atoms with Gasteiger partial charge in [0.05, 0.1) is 23.5 Å². The molecule has 0 spiro atoms. The number of aliphatic imine (C=N–C) groups is 1. The quantitative estimate of drug-likeness (QED) is 0.324. The summed E-state index contributed by atoms with van der Waals surface area (Å²) in [5, 5.41) is 3.33. The predicted molar refractivity (Wildman–Crippen MR) is 130 cm³/mol. The summed E-state index contributed by atoms with van der Waals surface area (Å²) in [4.78, 5) is 31.9. The molecule has 1 unspecified atom stereocenters. The summed E-state index contributed by atoms with van der Waals surface area (Å²) in [6.07, 6.45) is 0.750. The average Bonchev–Trinajstić information content (AvgIpc) is 3.25. The maximum absolute atomic E-state index is 12.1. The second-order valence-corrected chi connectivity index (χ2v) is 8.09. The summed E-state index contributed by atoms with van der Waals surface area (Å²) < 4.78 is 15.3. The van der Waals surface area contributed by atoms with Crippen molar-refractivity contribution in [2.45, 2.75) is 6.10 Å². The van der Waals surface area contributed by atoms with Crippen LogP contribution in [0.25, 0.3) is 0 Å². The number of nitrogens with zero attached hydrogens (tertiary/aromatic N) is 3. The van der Waals surface area contributed by atoms with Crippen molar-refractivity contribution >= 4 is 41.0 Å². The monoisotopic (exact) mass is 467 g/mol. The fourth-order valence-electron chi connectivity index (χ4n) is 3.88. The molecule has 1 amide bonds. The van der Waals surface area contributed by atoms with Gasteiger partial charge in [-0.25, -0.2) is 4.79 Å². The number of carbonyl (C=O) groups excluding carboxylic acids is 2. The zero-order chi connectivity index (χ0) is 23.9. The molecule has 2 heterocycles. The zero-order valence-electron chi connectivity index (χ0n) is 19.1. The molecular weight excluding hydrogens is 438 g/mol. The predicted octanol–water partition coefficient (Wildman–Crippen LogP) is 1.89. The minimum absolute atomic E-state index is 0.192. The number of hydrogen-bond acceptors (Lipinski definition) is 9. The molecule has 10 heteroatoms. The lowest BCUT2D eigenvalue weighted by Crippen LogP contribution is -2.49. The van der Waals surface area contributed by atoms with E-state index in [1.54, 1.807) is 25.3 Å². The molecule has 2 aromatic carbocycles. The first-order valence-corrected chi connectivity index (χ1v) is 11.2. The van der Waals surface area contributed by atoms with Gasteiger partial charge in [0.25, 0.3) is 5.91 Å². The molecule has 1 saturated heterocycles. The molecule has 2 aliphatic rings. The van der Waals surface area contributed by atoms with E-state index in [1.165, 1.54) is 6.40 Å². The highest BCUT2D eigenvalue weighted by molar-refractivity contribution is 5.92. The van der Waals surface area contributed by atoms with E-state index in [0.29, 0.717) is 30.1 Å². The fraction of sp³-hybridized carbons (Fsp3) is 0.375. The number of nitrogens with one attached hydrogen (secondary N) is 1. The normalized spacial score (nSPS) is 18.1. The highest BCUT2D eigenvalue weighted by atomic mass is 16.6. The molecule has 180 valence electrons. The van der Waals surface area contributed by atoms with Crippen molar-refractivity contribution in [1.29, 1.82) is 0 Å². The van der Waals surface area contributed by atoms with Crippen LogP contribution in [-0.4, -0.2) is 82.3 Å². The number of amides is 1. The van der Waals surface area contributed by atoms with Gasteiger partial charge in [0.1, 0.15) is 6.61 Å². The van der Waals surface area contributed by atoms with E-state index in [0.717, 1.165) is 37.6 Å². The van der Waals surface area contributed by atoms with E-state index in [9.17, 15) is 9.59 Å². The molecule has 0 aliphatic carbocycles. The van der Waals surface area contributed by atoms with Gasteiger partial charge in [-0.3, -0.25) is 9.69 Å². The van der Waals surface area contributed by atoms with Gasteiger partial charge in [-0.2, -0.15) is 4.99 Å². The van der Waals surface area contributed by atoms with Gasteiger partial charge in [0, 0.05) is 51.2 Å². The number of rotatable bonds is 9. The first-order chi connectivity index (χ1) is 16.5. The lowest BCUT2D eigenvalue weighted by atomic mass is 10.1. The highest BCUT2D eigenvalue weighted by Crippen LogP contribution is 2.27. The van der Waals surface area contributed by atoms with Crippen molar-refractivity contribution in [3.63, 3.8) is 0 Å². The van der Waals surface area contributed by atoms with Gasteiger partial charge in [-0.15, -0.1) is 0 Å². The van der Waals surface area contributed by atoms with Crippen molar-refractivity contribution in [3.8, 4) is 0 Å². The summed E-state index contributed by atoms with van der Waals surface area (Å²) in [5.41, 5.74) is 9.72. The van der Waals surface area contributed by atoms with E-state index >= 15 is 0 Å². The van der Waals surface area contributed by atoms with Crippen molar-refractivity contribution < 1.29 is 23.8 Å². The topological polar surface area (TPSA) is 119 Å². The number of benzene rings is 2. The largest absolute Gasteiger partial charge is 0.469 e. The van der Waals surface area contributed by atoms with E-state index < -0.39 is 12.1 Å². The van der Waals surface area contributed by atoms with Crippen LogP contribution in [-0.2, 0) is 19.0 Å². The Balaban J connectivity index is 1.33. The van der Waals surface area contributed by atoms with Gasteiger partial charge in [0.15, 0.2) is 12.5 Å². The van der Waals surface area contributed by atoms with Crippen LogP contribution in [0.15, 0.2) is 47.5 Å². The van der Waals surface area contributed by atoms with Gasteiger partial charge in [-0.1, -0.05) is 6.07 Å². The van der Waals surface area contributed by atoms with Gasteiger partial charge in [-0.05, 0) is 36.4 Å². The van der Waals surface area contributed by atoms with E-state index in [-0.39, 0.29) is 12.5 Å². The number of nitrogens with two attached hydrogens (primary N) is 1. The van der Waals surface area contributed by atoms with E-state index in [2.05, 4.69) is 32.2 Å². The summed E-state index contributed by atoms with van der Waals surface area (Å²) in [7, 11) is 1.55. The van der Waals surface area contributed by atoms with Gasteiger partial charge < -0.3 is 30.2 Å². The zero-order valence-corrected chi connectivity index (χ0v) is 19.1. The maximum atomic E-state index is 12.1. The Morgan fingerprint density at radius 3 is 2.71 bits per heavy atom. The Morgan fingerprint density at radius 2 is 2.00 bits per heavy atom. The first kappa shape index (κ1) is 23.5. The number of methoxy groups -OCH3 is 1. The third-order valence-electron chi connectivity index (χ3n) is 5.78. The number of esters is 1. The highest BCUT2D eigenvalue weighted by Gasteiger charge is 2.27. The number of piperazine rings is 1. The third kappa shape index (κ3) is 5.83. The van der Waals surface area contributed by atoms with Crippen LogP contribution in [0.4, 0.5) is 22.7 Å². The molecule has 2 aliphatic heterocycles. The summed E-state index contributed by atoms with van der Waals surface area (Å²) in [5.74, 6) is -0.649. The van der Waals surface area contributed by atoms with Crippen LogP contribution in [0, 0.1) is 0 Å². The minimum atomic E-state index is -0.483. The number of carbonyl (C=O) groups is 2. The maximum Gasteiger partial charge on any atom is 0.338 e. The van der Waals surface area contributed by atoms with Crippen LogP contribution in [0.1, 0.15) is 10.4 Å². The smallest absolute Gasteiger partial charge is 0.338 e. The molecule has 1 atom stereocenters. The Morgan fingerprint density at radius 1 is 1.18 bits per heavy atom. The molecule has 3 N–H and O–H groups in total. The third-order valence-corrected chi connectivity index (χ3v) is 5.78. The molecule has 10 nitrogen and oxygen atoms in total. The molecule has 0 aromatic heterocycles. The molecule has 0 saturated carbocycles. The number of anilines is 4. The molecule has 2 aromatic rings. The Labute approximate surface area is 198 Å². The second-order valence-electron chi connectivity index (χ2n) is 8.09. The van der Waals surface area contributed by atoms with Crippen LogP contribution in [0.2, 0.25) is 0 Å². The van der Waals surface area contributed by atoms with Crippen LogP contribution >= 0.6 is 0 Å². The summed E-state index contributed by atoms with van der Waals surface area (Å²) in [6, 6.07) is 13.1. The van der Waals surface area contributed by atoms with E-state index in [4.69, 9.17) is 19.9 Å². The van der Waals surface area contributed by atoms with Gasteiger partial charge in [0.2, 0.25) is 0 Å². The lowest BCUT2D eigenvalue weighted by molar-refractivity contribution is -0.123. The Kier molecular flexibility index (Phi) is 7.61. The molecule has 34 heavy (non-hydrogen) atoms. The molecular formula is C24H29N5O5. The number of ether oxygens (including phenoxy) is 3. The first-order valence-electron chi connectivity index (χ1n) is 11.2. The molecule has 0 bridgehead atoms. The van der Waals surface area contributed by atoms with Crippen molar-refractivity contribution in [2.24, 2.45) is 4.99 Å². The van der Waals surface area contributed by atoms with Crippen molar-refractivity contribution in [2.75, 3.05) is 69.0 Å². The van der Waals surface area contributed by atoms with Crippen molar-refractivity contribution in [3.05, 3.63) is 48.0 Å². The minimum Gasteiger partial charge on any atom is -0.469 e. The fourth-order valence-corrected chi connectivity index (χ4v) is 3.88. The Bertz CT molecular complexity index is 1050. The van der Waals surface area contributed by atoms with Crippen LogP contribution < -0.4 is 16.0 Å². The second kappa shape index (κ2) is 11.0. The molecule has 4 rings (SSSR count). The van der Waals surface area contributed by atoms with Crippen LogP contribution in [0.5, 0.6) is 0 Å².